The van der Waals surface area contributed by atoms with E-state index in [9.17, 15) is 0 Å². The summed E-state index contributed by atoms with van der Waals surface area (Å²) in [6.45, 7) is 5.43. The SMILES string of the molecule is CN=C(NCc1csc(N(C)C)n1)NC1CCC(C)(C)CC1. The topological polar surface area (TPSA) is 52.6 Å². The van der Waals surface area contributed by atoms with Gasteiger partial charge in [0.1, 0.15) is 0 Å². The highest BCUT2D eigenvalue weighted by Crippen LogP contribution is 2.34. The number of rotatable bonds is 4. The third kappa shape index (κ3) is 4.87. The van der Waals surface area contributed by atoms with Gasteiger partial charge in [-0.05, 0) is 31.1 Å². The van der Waals surface area contributed by atoms with Crippen LogP contribution in [0.1, 0.15) is 45.2 Å². The summed E-state index contributed by atoms with van der Waals surface area (Å²) < 4.78 is 0. The van der Waals surface area contributed by atoms with Crippen molar-refractivity contribution in [3.8, 4) is 0 Å². The Hall–Kier alpha value is -1.30. The molecule has 0 bridgehead atoms. The molecular weight excluding hydrogens is 294 g/mol. The van der Waals surface area contributed by atoms with Crippen molar-refractivity contribution >= 4 is 22.4 Å². The predicted octanol–water partition coefficient (Wildman–Crippen LogP) is 2.84. The van der Waals surface area contributed by atoms with Gasteiger partial charge in [-0.15, -0.1) is 11.3 Å². The molecule has 1 aromatic rings. The number of nitrogens with zero attached hydrogens (tertiary/aromatic N) is 3. The maximum atomic E-state index is 4.58. The van der Waals surface area contributed by atoms with Crippen LogP contribution in [0, 0.1) is 5.41 Å². The molecule has 22 heavy (non-hydrogen) atoms. The van der Waals surface area contributed by atoms with Crippen LogP contribution in [0.5, 0.6) is 0 Å². The van der Waals surface area contributed by atoms with E-state index in [1.165, 1.54) is 25.7 Å². The zero-order valence-corrected chi connectivity index (χ0v) is 15.3. The Balaban J connectivity index is 1.80. The number of hydrogen-bond acceptors (Lipinski definition) is 4. The third-order valence-electron chi connectivity index (χ3n) is 4.26. The van der Waals surface area contributed by atoms with Crippen LogP contribution in [-0.2, 0) is 6.54 Å². The highest BCUT2D eigenvalue weighted by Gasteiger charge is 2.27. The second-order valence-electron chi connectivity index (χ2n) is 7.02. The first-order valence-corrected chi connectivity index (χ1v) is 8.86. The molecule has 1 aliphatic rings. The molecule has 6 heteroatoms. The lowest BCUT2D eigenvalue weighted by Crippen LogP contribution is -2.45. The first-order valence-electron chi connectivity index (χ1n) is 7.98. The van der Waals surface area contributed by atoms with Crippen molar-refractivity contribution in [1.82, 2.24) is 15.6 Å². The molecule has 1 fully saturated rings. The summed E-state index contributed by atoms with van der Waals surface area (Å²) >= 11 is 1.67. The fraction of sp³-hybridized carbons (Fsp3) is 0.750. The number of thiazole rings is 1. The van der Waals surface area contributed by atoms with E-state index in [-0.39, 0.29) is 0 Å². The summed E-state index contributed by atoms with van der Waals surface area (Å²) in [5, 5.41) is 10.1. The maximum Gasteiger partial charge on any atom is 0.191 e. The molecule has 0 atom stereocenters. The van der Waals surface area contributed by atoms with E-state index < -0.39 is 0 Å². The molecule has 1 aromatic heterocycles. The lowest BCUT2D eigenvalue weighted by molar-refractivity contribution is 0.216. The third-order valence-corrected chi connectivity index (χ3v) is 5.32. The molecule has 0 amide bonds. The Labute approximate surface area is 138 Å². The van der Waals surface area contributed by atoms with Crippen LogP contribution in [0.15, 0.2) is 10.4 Å². The fourth-order valence-corrected chi connectivity index (χ4v) is 3.45. The van der Waals surface area contributed by atoms with Crippen molar-refractivity contribution in [2.45, 2.75) is 52.1 Å². The van der Waals surface area contributed by atoms with E-state index in [4.69, 9.17) is 0 Å². The van der Waals surface area contributed by atoms with Crippen molar-refractivity contribution in [1.29, 1.82) is 0 Å². The van der Waals surface area contributed by atoms with E-state index in [1.807, 2.05) is 26.0 Å². The minimum Gasteiger partial charge on any atom is -0.354 e. The van der Waals surface area contributed by atoms with Crippen LogP contribution in [0.4, 0.5) is 5.13 Å². The van der Waals surface area contributed by atoms with Crippen molar-refractivity contribution in [2.75, 3.05) is 26.0 Å². The molecule has 0 unspecified atom stereocenters. The van der Waals surface area contributed by atoms with Gasteiger partial charge in [-0.3, -0.25) is 4.99 Å². The smallest absolute Gasteiger partial charge is 0.191 e. The van der Waals surface area contributed by atoms with Crippen LogP contribution in [0.2, 0.25) is 0 Å². The van der Waals surface area contributed by atoms with Gasteiger partial charge in [0, 0.05) is 32.6 Å². The summed E-state index contributed by atoms with van der Waals surface area (Å²) in [4.78, 5) is 10.9. The monoisotopic (exact) mass is 323 g/mol. The molecule has 5 nitrogen and oxygen atoms in total. The van der Waals surface area contributed by atoms with Gasteiger partial charge in [0.2, 0.25) is 0 Å². The molecule has 0 saturated heterocycles. The molecule has 0 aliphatic heterocycles. The van der Waals surface area contributed by atoms with Gasteiger partial charge in [0.05, 0.1) is 12.2 Å². The Morgan fingerprint density at radius 2 is 2.09 bits per heavy atom. The van der Waals surface area contributed by atoms with Crippen molar-refractivity contribution in [2.24, 2.45) is 10.4 Å². The lowest BCUT2D eigenvalue weighted by atomic mass is 9.75. The second-order valence-corrected chi connectivity index (χ2v) is 7.86. The minimum absolute atomic E-state index is 0.498. The molecule has 0 radical (unpaired) electrons. The van der Waals surface area contributed by atoms with Gasteiger partial charge >= 0.3 is 0 Å². The van der Waals surface area contributed by atoms with Crippen LogP contribution in [0.3, 0.4) is 0 Å². The van der Waals surface area contributed by atoms with Gasteiger partial charge in [-0.2, -0.15) is 0 Å². The van der Waals surface area contributed by atoms with E-state index in [2.05, 4.69) is 39.8 Å². The first-order chi connectivity index (χ1) is 10.4. The Bertz CT molecular complexity index is 496. The van der Waals surface area contributed by atoms with Gasteiger partial charge in [-0.25, -0.2) is 4.98 Å². The maximum absolute atomic E-state index is 4.58. The van der Waals surface area contributed by atoms with E-state index in [0.717, 1.165) is 16.8 Å². The molecule has 0 spiro atoms. The Morgan fingerprint density at radius 1 is 1.41 bits per heavy atom. The highest BCUT2D eigenvalue weighted by molar-refractivity contribution is 7.13. The summed E-state index contributed by atoms with van der Waals surface area (Å²) in [5.74, 6) is 0.879. The zero-order valence-electron chi connectivity index (χ0n) is 14.4. The Kier molecular flexibility index (Phi) is 5.67. The van der Waals surface area contributed by atoms with Crippen molar-refractivity contribution in [3.05, 3.63) is 11.1 Å². The summed E-state index contributed by atoms with van der Waals surface area (Å²) in [6, 6.07) is 0.534. The average molecular weight is 324 g/mol. The second kappa shape index (κ2) is 7.31. The van der Waals surface area contributed by atoms with Crippen LogP contribution >= 0.6 is 11.3 Å². The summed E-state index contributed by atoms with van der Waals surface area (Å²) in [7, 11) is 5.86. The number of aromatic nitrogens is 1. The van der Waals surface area contributed by atoms with Crippen molar-refractivity contribution in [3.63, 3.8) is 0 Å². The van der Waals surface area contributed by atoms with E-state index in [0.29, 0.717) is 18.0 Å². The van der Waals surface area contributed by atoms with Gasteiger partial charge in [0.15, 0.2) is 11.1 Å². The number of hydrogen-bond donors (Lipinski definition) is 2. The van der Waals surface area contributed by atoms with E-state index in [1.54, 1.807) is 11.3 Å². The Morgan fingerprint density at radius 3 is 2.64 bits per heavy atom. The predicted molar refractivity (Wildman–Crippen MR) is 95.8 cm³/mol. The molecule has 124 valence electrons. The minimum atomic E-state index is 0.498. The molecule has 0 aromatic carbocycles. The largest absolute Gasteiger partial charge is 0.354 e. The molecule has 1 aliphatic carbocycles. The van der Waals surface area contributed by atoms with Gasteiger partial charge < -0.3 is 15.5 Å². The molecular formula is C16H29N5S. The molecule has 2 N–H and O–H groups in total. The fourth-order valence-electron chi connectivity index (χ4n) is 2.69. The van der Waals surface area contributed by atoms with Crippen LogP contribution in [-0.4, -0.2) is 38.1 Å². The van der Waals surface area contributed by atoms with Crippen molar-refractivity contribution < 1.29 is 0 Å². The molecule has 2 rings (SSSR count). The molecule has 1 saturated carbocycles. The lowest BCUT2D eigenvalue weighted by Gasteiger charge is -2.35. The normalized spacial score (nSPS) is 19.0. The number of aliphatic imine (C=N–C) groups is 1. The van der Waals surface area contributed by atoms with Gasteiger partial charge in [-0.1, -0.05) is 13.8 Å². The summed E-state index contributed by atoms with van der Waals surface area (Å²) in [6.07, 6.45) is 4.99. The quantitative estimate of drug-likeness (QED) is 0.661. The number of guanidine groups is 1. The van der Waals surface area contributed by atoms with Crippen LogP contribution < -0.4 is 15.5 Å². The average Bonchev–Trinajstić information content (AvgIpc) is 2.94. The number of nitrogens with one attached hydrogen (secondary N) is 2. The standard InChI is InChI=1S/C16H29N5S/c1-16(2)8-6-12(7-9-16)19-14(17-3)18-10-13-11-22-15(20-13)21(4)5/h11-12H,6-10H2,1-5H3,(H2,17,18,19). The number of anilines is 1. The zero-order chi connectivity index (χ0) is 16.2. The summed E-state index contributed by atoms with van der Waals surface area (Å²) in [5.41, 5.74) is 1.56. The van der Waals surface area contributed by atoms with Crippen LogP contribution in [0.25, 0.3) is 0 Å². The van der Waals surface area contributed by atoms with E-state index >= 15 is 0 Å². The molecule has 1 heterocycles. The highest BCUT2D eigenvalue weighted by atomic mass is 32.1. The van der Waals surface area contributed by atoms with Gasteiger partial charge in [0.25, 0.3) is 0 Å². The first kappa shape index (κ1) is 17.1.